The van der Waals surface area contributed by atoms with Crippen LogP contribution in [0.15, 0.2) is 52.1 Å². The van der Waals surface area contributed by atoms with E-state index in [9.17, 15) is 4.79 Å². The summed E-state index contributed by atoms with van der Waals surface area (Å²) in [4.78, 5) is 26.4. The lowest BCUT2D eigenvalue weighted by Gasteiger charge is -2.00. The molecule has 138 valence electrons. The van der Waals surface area contributed by atoms with E-state index < -0.39 is 0 Å². The molecule has 28 heavy (non-hydrogen) atoms. The zero-order valence-corrected chi connectivity index (χ0v) is 17.0. The summed E-state index contributed by atoms with van der Waals surface area (Å²) in [5.74, 6) is 1.20. The molecule has 0 fully saturated rings. The second-order valence-electron chi connectivity index (χ2n) is 6.21. The average molecular weight is 425 g/mol. The van der Waals surface area contributed by atoms with E-state index in [2.05, 4.69) is 15.0 Å². The number of hydrogen-bond donors (Lipinski definition) is 1. The van der Waals surface area contributed by atoms with Crippen LogP contribution >= 0.6 is 34.3 Å². The predicted molar refractivity (Wildman–Crippen MR) is 117 cm³/mol. The summed E-state index contributed by atoms with van der Waals surface area (Å²) < 4.78 is 1.99. The first-order chi connectivity index (χ1) is 13.6. The first-order valence-corrected chi connectivity index (χ1v) is 10.6. The van der Waals surface area contributed by atoms with E-state index >= 15 is 0 Å². The normalized spacial score (nSPS) is 12.3. The van der Waals surface area contributed by atoms with Gasteiger partial charge in [0.15, 0.2) is 5.82 Å². The van der Waals surface area contributed by atoms with E-state index in [1.165, 1.54) is 11.3 Å². The second kappa shape index (κ2) is 6.70. The highest BCUT2D eigenvalue weighted by atomic mass is 35.5. The van der Waals surface area contributed by atoms with Crippen LogP contribution in [0.3, 0.4) is 0 Å². The fraction of sp³-hybridized carbons (Fsp3) is 0.0500. The van der Waals surface area contributed by atoms with Crippen LogP contribution in [0.2, 0.25) is 0 Å². The Hall–Kier alpha value is -2.74. The number of nitrogens with zero attached hydrogens (tertiary/aromatic N) is 3. The lowest BCUT2D eigenvalue weighted by atomic mass is 10.2. The number of rotatable bonds is 3. The highest BCUT2D eigenvalue weighted by Gasteiger charge is 2.15. The molecule has 1 N–H and O–H groups in total. The monoisotopic (exact) mass is 424 g/mol. The molecule has 0 aliphatic carbocycles. The number of thiophene rings is 2. The number of aromatic nitrogens is 4. The van der Waals surface area contributed by atoms with E-state index in [1.54, 1.807) is 17.4 Å². The van der Waals surface area contributed by atoms with Gasteiger partial charge >= 0.3 is 0 Å². The van der Waals surface area contributed by atoms with Gasteiger partial charge in [-0.15, -0.1) is 22.7 Å². The molecule has 0 amide bonds. The number of aromatic amines is 1. The lowest BCUT2D eigenvalue weighted by molar-refractivity contribution is 1.04. The molecule has 0 atom stereocenters. The van der Waals surface area contributed by atoms with E-state index in [-0.39, 0.29) is 5.56 Å². The summed E-state index contributed by atoms with van der Waals surface area (Å²) in [7, 11) is 0. The topological polar surface area (TPSA) is 63.0 Å². The van der Waals surface area contributed by atoms with Gasteiger partial charge in [-0.05, 0) is 36.6 Å². The quantitative estimate of drug-likeness (QED) is 0.421. The van der Waals surface area contributed by atoms with Crippen molar-refractivity contribution in [1.82, 2.24) is 19.4 Å². The maximum atomic E-state index is 12.8. The smallest absolute Gasteiger partial charge is 0.260 e. The maximum Gasteiger partial charge on any atom is 0.260 e. The van der Waals surface area contributed by atoms with Crippen molar-refractivity contribution >= 4 is 61.1 Å². The molecule has 0 saturated carbocycles. The number of imidazole rings is 1. The van der Waals surface area contributed by atoms with Crippen molar-refractivity contribution in [1.29, 1.82) is 0 Å². The van der Waals surface area contributed by atoms with Crippen LogP contribution in [0.5, 0.6) is 0 Å². The molecule has 0 saturated heterocycles. The molecule has 0 radical (unpaired) electrons. The van der Waals surface area contributed by atoms with Crippen LogP contribution in [0.1, 0.15) is 17.3 Å². The molecular weight excluding hydrogens is 412 g/mol. The average Bonchev–Trinajstić information content (AvgIpc) is 3.41. The Morgan fingerprint density at radius 1 is 1.21 bits per heavy atom. The number of nitrogens with one attached hydrogen (secondary N) is 1. The number of halogens is 1. The SMILES string of the molecule is Cc1nc(/C=C(\Cl)c2nc3scc(-c4cccs4)c3c(=O)[nH]2)c2ccccn12. The Balaban J connectivity index is 1.63. The van der Waals surface area contributed by atoms with Gasteiger partial charge in [-0.1, -0.05) is 23.7 Å². The first kappa shape index (κ1) is 17.4. The molecule has 0 unspecified atom stereocenters. The van der Waals surface area contributed by atoms with Gasteiger partial charge < -0.3 is 9.38 Å². The Labute approximate surface area is 172 Å². The zero-order chi connectivity index (χ0) is 19.3. The summed E-state index contributed by atoms with van der Waals surface area (Å²) in [6, 6.07) is 9.84. The Morgan fingerprint density at radius 3 is 2.93 bits per heavy atom. The Kier molecular flexibility index (Phi) is 4.16. The Bertz CT molecular complexity index is 1410. The minimum Gasteiger partial charge on any atom is -0.305 e. The van der Waals surface area contributed by atoms with Crippen molar-refractivity contribution < 1.29 is 0 Å². The summed E-state index contributed by atoms with van der Waals surface area (Å²) in [6.45, 7) is 1.93. The van der Waals surface area contributed by atoms with E-state index in [1.807, 2.05) is 58.6 Å². The number of fused-ring (bicyclic) bond motifs is 2. The second-order valence-corrected chi connectivity index (χ2v) is 8.43. The summed E-state index contributed by atoms with van der Waals surface area (Å²) in [5, 5.41) is 4.90. The van der Waals surface area contributed by atoms with Crippen molar-refractivity contribution in [3.63, 3.8) is 0 Å². The number of H-pyrrole nitrogens is 1. The van der Waals surface area contributed by atoms with Crippen molar-refractivity contribution in [3.8, 4) is 10.4 Å². The molecule has 5 nitrogen and oxygen atoms in total. The number of pyridine rings is 1. The fourth-order valence-electron chi connectivity index (χ4n) is 3.19. The third-order valence-electron chi connectivity index (χ3n) is 4.47. The molecule has 0 aromatic carbocycles. The van der Waals surface area contributed by atoms with Crippen LogP contribution in [-0.2, 0) is 0 Å². The van der Waals surface area contributed by atoms with Crippen molar-refractivity contribution in [3.05, 3.63) is 75.0 Å². The van der Waals surface area contributed by atoms with Gasteiger partial charge in [0, 0.05) is 22.0 Å². The van der Waals surface area contributed by atoms with Gasteiger partial charge in [-0.25, -0.2) is 9.97 Å². The number of aryl methyl sites for hydroxylation is 1. The highest BCUT2D eigenvalue weighted by Crippen LogP contribution is 2.34. The van der Waals surface area contributed by atoms with Gasteiger partial charge in [0.25, 0.3) is 5.56 Å². The first-order valence-electron chi connectivity index (χ1n) is 8.48. The molecular formula is C20H13ClN4OS2. The third kappa shape index (κ3) is 2.79. The van der Waals surface area contributed by atoms with Gasteiger partial charge in [0.1, 0.15) is 10.7 Å². The minimum absolute atomic E-state index is 0.193. The van der Waals surface area contributed by atoms with Gasteiger partial charge in [0.05, 0.1) is 21.6 Å². The predicted octanol–water partition coefficient (Wildman–Crippen LogP) is 5.41. The van der Waals surface area contributed by atoms with Crippen LogP contribution in [0.4, 0.5) is 0 Å². The van der Waals surface area contributed by atoms with Crippen LogP contribution < -0.4 is 5.56 Å². The molecule has 5 aromatic heterocycles. The molecule has 0 spiro atoms. The number of hydrogen-bond acceptors (Lipinski definition) is 5. The molecule has 0 bridgehead atoms. The molecule has 5 aromatic rings. The van der Waals surface area contributed by atoms with Crippen molar-refractivity contribution in [2.24, 2.45) is 0 Å². The standard InChI is InChI=1S/C20H13ClN4OS2/c1-11-22-14(15-5-2-3-7-25(11)15)9-13(21)18-23-19(26)17-12(10-28-20(17)24-18)16-6-4-8-27-16/h2-10H,1H3,(H,23,24,26)/b13-9-. The van der Waals surface area contributed by atoms with Crippen molar-refractivity contribution in [2.75, 3.05) is 0 Å². The zero-order valence-electron chi connectivity index (χ0n) is 14.6. The van der Waals surface area contributed by atoms with Crippen LogP contribution in [0, 0.1) is 6.92 Å². The fourth-order valence-corrected chi connectivity index (χ4v) is 5.14. The summed E-state index contributed by atoms with van der Waals surface area (Å²) in [5.41, 5.74) is 2.39. The molecule has 5 heterocycles. The molecule has 8 heteroatoms. The lowest BCUT2D eigenvalue weighted by Crippen LogP contribution is -2.10. The molecule has 0 aliphatic heterocycles. The van der Waals surface area contributed by atoms with Crippen LogP contribution in [-0.4, -0.2) is 19.4 Å². The van der Waals surface area contributed by atoms with Crippen LogP contribution in [0.25, 0.3) is 37.3 Å². The van der Waals surface area contributed by atoms with Gasteiger partial charge in [-0.3, -0.25) is 4.79 Å². The van der Waals surface area contributed by atoms with Crippen molar-refractivity contribution in [2.45, 2.75) is 6.92 Å². The molecule has 5 rings (SSSR count). The maximum absolute atomic E-state index is 12.8. The Morgan fingerprint density at radius 2 is 2.11 bits per heavy atom. The van der Waals surface area contributed by atoms with E-state index in [0.717, 1.165) is 27.5 Å². The van der Waals surface area contributed by atoms with Gasteiger partial charge in [-0.2, -0.15) is 0 Å². The largest absolute Gasteiger partial charge is 0.305 e. The minimum atomic E-state index is -0.193. The summed E-state index contributed by atoms with van der Waals surface area (Å²) in [6.07, 6.45) is 3.69. The summed E-state index contributed by atoms with van der Waals surface area (Å²) >= 11 is 9.55. The van der Waals surface area contributed by atoms with E-state index in [0.29, 0.717) is 21.1 Å². The van der Waals surface area contributed by atoms with Gasteiger partial charge in [0.2, 0.25) is 0 Å². The van der Waals surface area contributed by atoms with E-state index in [4.69, 9.17) is 11.6 Å². The molecule has 0 aliphatic rings. The highest BCUT2D eigenvalue weighted by molar-refractivity contribution is 7.18. The third-order valence-corrected chi connectivity index (χ3v) is 6.54.